The largest absolute Gasteiger partial charge is 0.456 e. The average Bonchev–Trinajstić information content (AvgIpc) is 3.66. The van der Waals surface area contributed by atoms with Gasteiger partial charge in [0.05, 0.1) is 0 Å². The molecule has 2 aromatic heterocycles. The van der Waals surface area contributed by atoms with E-state index in [0.29, 0.717) is 0 Å². The van der Waals surface area contributed by atoms with E-state index in [9.17, 15) is 0 Å². The molecule has 0 fully saturated rings. The third kappa shape index (κ3) is 3.65. The van der Waals surface area contributed by atoms with Crippen LogP contribution < -0.4 is 0 Å². The molecule has 0 aliphatic carbocycles. The molecule has 0 bridgehead atoms. The first-order valence-corrected chi connectivity index (χ1v) is 15.7. The van der Waals surface area contributed by atoms with E-state index in [1.54, 1.807) is 0 Å². The Bertz CT molecular complexity index is 2740. The molecule has 0 aliphatic heterocycles. The van der Waals surface area contributed by atoms with Crippen molar-refractivity contribution in [3.63, 3.8) is 0 Å². The van der Waals surface area contributed by atoms with Crippen LogP contribution in [0.4, 0.5) is 0 Å². The fraction of sp³-hybridized carbons (Fsp3) is 0. The normalized spacial score (nSPS) is 11.9. The van der Waals surface area contributed by atoms with Crippen LogP contribution in [0.3, 0.4) is 0 Å². The van der Waals surface area contributed by atoms with E-state index in [2.05, 4.69) is 140 Å². The van der Waals surface area contributed by atoms with Gasteiger partial charge >= 0.3 is 0 Å². The first-order valence-electron chi connectivity index (χ1n) is 15.7. The maximum Gasteiger partial charge on any atom is 0.139 e. The molecule has 0 atom stereocenters. The highest BCUT2D eigenvalue weighted by molar-refractivity contribution is 6.23. The van der Waals surface area contributed by atoms with Crippen LogP contribution in [-0.2, 0) is 0 Å². The topological polar surface area (TPSA) is 26.3 Å². The molecular weight excluding hydrogens is 560 g/mol. The lowest BCUT2D eigenvalue weighted by molar-refractivity contribution is 0.656. The second-order valence-corrected chi connectivity index (χ2v) is 12.0. The van der Waals surface area contributed by atoms with Gasteiger partial charge < -0.3 is 8.83 Å². The van der Waals surface area contributed by atoms with Crippen molar-refractivity contribution in [1.29, 1.82) is 0 Å². The molecule has 46 heavy (non-hydrogen) atoms. The zero-order valence-corrected chi connectivity index (χ0v) is 24.8. The minimum atomic E-state index is 0.835. The zero-order chi connectivity index (χ0) is 30.2. The monoisotopic (exact) mass is 586 g/mol. The van der Waals surface area contributed by atoms with Crippen LogP contribution in [0.5, 0.6) is 0 Å². The molecule has 0 spiro atoms. The van der Waals surface area contributed by atoms with E-state index in [4.69, 9.17) is 8.83 Å². The molecule has 0 saturated carbocycles. The Kier molecular flexibility index (Phi) is 5.31. The van der Waals surface area contributed by atoms with Crippen molar-refractivity contribution in [2.75, 3.05) is 0 Å². The number of para-hydroxylation sites is 1. The van der Waals surface area contributed by atoms with Crippen LogP contribution in [0.2, 0.25) is 0 Å². The second kappa shape index (κ2) is 9.69. The summed E-state index contributed by atoms with van der Waals surface area (Å²) in [5, 5.41) is 9.34. The van der Waals surface area contributed by atoms with Crippen LogP contribution in [0.25, 0.3) is 98.8 Å². The highest BCUT2D eigenvalue weighted by Crippen LogP contribution is 2.47. The molecule has 10 rings (SSSR count). The van der Waals surface area contributed by atoms with E-state index in [-0.39, 0.29) is 0 Å². The molecular formula is C44H26O2. The summed E-state index contributed by atoms with van der Waals surface area (Å²) in [5.41, 5.74) is 10.7. The highest BCUT2D eigenvalue weighted by Gasteiger charge is 2.20. The van der Waals surface area contributed by atoms with Gasteiger partial charge in [-0.05, 0) is 79.2 Å². The molecule has 0 amide bonds. The van der Waals surface area contributed by atoms with Gasteiger partial charge in [-0.3, -0.25) is 0 Å². The molecule has 0 aliphatic rings. The summed E-state index contributed by atoms with van der Waals surface area (Å²) >= 11 is 0. The number of hydrogen-bond acceptors (Lipinski definition) is 2. The van der Waals surface area contributed by atoms with Crippen LogP contribution >= 0.6 is 0 Å². The highest BCUT2D eigenvalue weighted by atomic mass is 16.3. The van der Waals surface area contributed by atoms with Gasteiger partial charge in [0.2, 0.25) is 0 Å². The van der Waals surface area contributed by atoms with Crippen molar-refractivity contribution in [3.8, 4) is 33.4 Å². The summed E-state index contributed by atoms with van der Waals surface area (Å²) in [6.45, 7) is 0. The second-order valence-electron chi connectivity index (χ2n) is 12.0. The summed E-state index contributed by atoms with van der Waals surface area (Å²) < 4.78 is 12.7. The van der Waals surface area contributed by atoms with Gasteiger partial charge in [-0.2, -0.15) is 0 Å². The number of fused-ring (bicyclic) bond motifs is 8. The van der Waals surface area contributed by atoms with Crippen molar-refractivity contribution in [3.05, 3.63) is 158 Å². The smallest absolute Gasteiger partial charge is 0.139 e. The number of benzene rings is 8. The van der Waals surface area contributed by atoms with Gasteiger partial charge in [0, 0.05) is 27.6 Å². The van der Waals surface area contributed by atoms with Crippen LogP contribution in [0.15, 0.2) is 167 Å². The van der Waals surface area contributed by atoms with Gasteiger partial charge in [0.15, 0.2) is 0 Å². The average molecular weight is 587 g/mol. The summed E-state index contributed by atoms with van der Waals surface area (Å²) in [4.78, 5) is 0. The van der Waals surface area contributed by atoms with Crippen molar-refractivity contribution >= 4 is 65.4 Å². The lowest BCUT2D eigenvalue weighted by Crippen LogP contribution is -1.92. The third-order valence-corrected chi connectivity index (χ3v) is 9.47. The molecule has 214 valence electrons. The fourth-order valence-electron chi connectivity index (χ4n) is 7.45. The fourth-order valence-corrected chi connectivity index (χ4v) is 7.45. The molecule has 0 saturated heterocycles. The van der Waals surface area contributed by atoms with E-state index < -0.39 is 0 Å². The molecule has 2 heterocycles. The first kappa shape index (κ1) is 25.2. The van der Waals surface area contributed by atoms with Gasteiger partial charge in [-0.1, -0.05) is 127 Å². The summed E-state index contributed by atoms with van der Waals surface area (Å²) in [7, 11) is 0. The Labute approximate surface area is 264 Å². The van der Waals surface area contributed by atoms with Gasteiger partial charge in [-0.15, -0.1) is 0 Å². The minimum Gasteiger partial charge on any atom is -0.456 e. The Morgan fingerprint density at radius 2 is 0.761 bits per heavy atom. The van der Waals surface area contributed by atoms with Crippen molar-refractivity contribution < 1.29 is 8.83 Å². The molecule has 10 aromatic rings. The Balaban J connectivity index is 1.24. The van der Waals surface area contributed by atoms with E-state index in [0.717, 1.165) is 49.4 Å². The van der Waals surface area contributed by atoms with Crippen LogP contribution in [-0.4, -0.2) is 0 Å². The predicted molar refractivity (Wildman–Crippen MR) is 192 cm³/mol. The third-order valence-electron chi connectivity index (χ3n) is 9.47. The standard InChI is InChI=1S/C44H26O2/c1-2-12-27(13-3-1)29-14-4-5-16-32(29)44-35-19-8-6-17-33(35)43(34-18-7-9-20-36(34)44)28-22-23-31-38-25-37-30-15-10-11-21-39(30)45-41(37)26-42(38)46-40(31)24-28/h1-26H. The molecule has 0 radical (unpaired) electrons. The van der Waals surface area contributed by atoms with Crippen molar-refractivity contribution in [2.24, 2.45) is 0 Å². The van der Waals surface area contributed by atoms with E-state index in [1.807, 2.05) is 18.2 Å². The number of furan rings is 2. The lowest BCUT2D eigenvalue weighted by Gasteiger charge is -2.19. The quantitative estimate of drug-likeness (QED) is 0.193. The van der Waals surface area contributed by atoms with E-state index >= 15 is 0 Å². The summed E-state index contributed by atoms with van der Waals surface area (Å²) in [5.74, 6) is 0. The number of rotatable bonds is 3. The summed E-state index contributed by atoms with van der Waals surface area (Å²) in [6, 6.07) is 56.2. The van der Waals surface area contributed by atoms with Crippen molar-refractivity contribution in [1.82, 2.24) is 0 Å². The van der Waals surface area contributed by atoms with Gasteiger partial charge in [0.1, 0.15) is 22.3 Å². The Morgan fingerprint density at radius 3 is 1.46 bits per heavy atom. The van der Waals surface area contributed by atoms with Gasteiger partial charge in [0.25, 0.3) is 0 Å². The zero-order valence-electron chi connectivity index (χ0n) is 24.8. The lowest BCUT2D eigenvalue weighted by atomic mass is 9.84. The van der Waals surface area contributed by atoms with Crippen molar-refractivity contribution in [2.45, 2.75) is 0 Å². The Morgan fingerprint density at radius 1 is 0.261 bits per heavy atom. The SMILES string of the molecule is c1ccc(-c2ccccc2-c2c3ccccc3c(-c3ccc4c(c3)oc3cc5oc6ccccc6c5cc34)c3ccccc23)cc1. The molecule has 0 unspecified atom stereocenters. The molecule has 2 nitrogen and oxygen atoms in total. The maximum absolute atomic E-state index is 6.54. The molecule has 2 heteroatoms. The number of hydrogen-bond donors (Lipinski definition) is 0. The molecule has 0 N–H and O–H groups in total. The Hall–Kier alpha value is -6.12. The first-order chi connectivity index (χ1) is 22.8. The maximum atomic E-state index is 6.54. The predicted octanol–water partition coefficient (Wildman–Crippen LogP) is 12.8. The van der Waals surface area contributed by atoms with Gasteiger partial charge in [-0.25, -0.2) is 0 Å². The van der Waals surface area contributed by atoms with Crippen LogP contribution in [0.1, 0.15) is 0 Å². The minimum absolute atomic E-state index is 0.835. The molecule has 8 aromatic carbocycles. The van der Waals surface area contributed by atoms with E-state index in [1.165, 1.54) is 49.4 Å². The van der Waals surface area contributed by atoms with Crippen LogP contribution in [0, 0.1) is 0 Å². The summed E-state index contributed by atoms with van der Waals surface area (Å²) in [6.07, 6.45) is 0.